The van der Waals surface area contributed by atoms with Crippen LogP contribution >= 0.6 is 15.9 Å². The first-order chi connectivity index (χ1) is 8.20. The zero-order chi connectivity index (χ0) is 12.3. The van der Waals surface area contributed by atoms with Crippen LogP contribution in [0.4, 0.5) is 0 Å². The summed E-state index contributed by atoms with van der Waals surface area (Å²) < 4.78 is 11.7. The normalized spacial score (nSPS) is 17.6. The van der Waals surface area contributed by atoms with Gasteiger partial charge in [-0.25, -0.2) is 0 Å². The average Bonchev–Trinajstić information content (AvgIpc) is 2.29. The molecule has 0 bridgehead atoms. The number of halogens is 1. The van der Waals surface area contributed by atoms with E-state index in [-0.39, 0.29) is 19.5 Å². The molecule has 1 aromatic rings. The van der Waals surface area contributed by atoms with Crippen molar-refractivity contribution in [3.63, 3.8) is 0 Å². The second-order valence-electron chi connectivity index (χ2n) is 3.96. The maximum atomic E-state index is 11.5. The molecule has 0 fully saturated rings. The van der Waals surface area contributed by atoms with Crippen LogP contribution in [-0.4, -0.2) is 19.2 Å². The third kappa shape index (κ3) is 3.56. The van der Waals surface area contributed by atoms with Crippen LogP contribution in [0.1, 0.15) is 38.0 Å². The molecular weight excluding hydrogens is 296 g/mol. The summed E-state index contributed by atoms with van der Waals surface area (Å²) in [5.74, 6) is -0.201. The van der Waals surface area contributed by atoms with Crippen molar-refractivity contribution in [2.75, 3.05) is 13.2 Å². The van der Waals surface area contributed by atoms with Gasteiger partial charge in [0.1, 0.15) is 0 Å². The summed E-state index contributed by atoms with van der Waals surface area (Å²) in [6, 6.07) is 6.09. The summed E-state index contributed by atoms with van der Waals surface area (Å²) in [5, 5.41) is 0. The number of carbonyl (C=O) groups excluding carboxylic acids is 1. The SMILES string of the molecule is C.CCOC(=O)CC1OCCc2cc(Br)ccc21. The highest BCUT2D eigenvalue weighted by Gasteiger charge is 2.23. The monoisotopic (exact) mass is 314 g/mol. The van der Waals surface area contributed by atoms with Gasteiger partial charge < -0.3 is 9.47 Å². The van der Waals surface area contributed by atoms with Gasteiger partial charge >= 0.3 is 5.97 Å². The second-order valence-corrected chi connectivity index (χ2v) is 4.88. The molecule has 1 unspecified atom stereocenters. The molecule has 0 saturated carbocycles. The van der Waals surface area contributed by atoms with Gasteiger partial charge in [0, 0.05) is 4.47 Å². The number of benzene rings is 1. The molecule has 0 N–H and O–H groups in total. The van der Waals surface area contributed by atoms with Gasteiger partial charge in [-0.2, -0.15) is 0 Å². The molecule has 0 radical (unpaired) electrons. The predicted molar refractivity (Wildman–Crippen MR) is 74.5 cm³/mol. The van der Waals surface area contributed by atoms with E-state index in [4.69, 9.17) is 9.47 Å². The van der Waals surface area contributed by atoms with Crippen LogP contribution in [0.25, 0.3) is 0 Å². The summed E-state index contributed by atoms with van der Waals surface area (Å²) in [6.45, 7) is 2.89. The van der Waals surface area contributed by atoms with E-state index < -0.39 is 0 Å². The predicted octanol–water partition coefficient (Wildman–Crippen LogP) is 3.65. The Balaban J connectivity index is 0.00000162. The third-order valence-electron chi connectivity index (χ3n) is 2.80. The maximum absolute atomic E-state index is 11.5. The fourth-order valence-electron chi connectivity index (χ4n) is 2.05. The van der Waals surface area contributed by atoms with E-state index in [0.29, 0.717) is 19.6 Å². The minimum atomic E-state index is -0.201. The molecular formula is C14H19BrO3. The lowest BCUT2D eigenvalue weighted by Crippen LogP contribution is -2.20. The number of fused-ring (bicyclic) bond motifs is 1. The molecule has 0 aliphatic carbocycles. The van der Waals surface area contributed by atoms with Crippen LogP contribution in [-0.2, 0) is 20.7 Å². The highest BCUT2D eigenvalue weighted by molar-refractivity contribution is 9.10. The highest BCUT2D eigenvalue weighted by Crippen LogP contribution is 2.31. The van der Waals surface area contributed by atoms with E-state index in [1.165, 1.54) is 5.56 Å². The molecule has 1 aliphatic heterocycles. The lowest BCUT2D eigenvalue weighted by Gasteiger charge is -2.25. The van der Waals surface area contributed by atoms with Gasteiger partial charge in [-0.05, 0) is 36.6 Å². The van der Waals surface area contributed by atoms with E-state index in [1.54, 1.807) is 0 Å². The Morgan fingerprint density at radius 1 is 1.56 bits per heavy atom. The Hall–Kier alpha value is -0.870. The standard InChI is InChI=1S/C13H15BrO3.CH4/c1-2-16-13(15)8-12-11-4-3-10(14)7-9(11)5-6-17-12;/h3-4,7,12H,2,5-6,8H2,1H3;1H4. The molecule has 0 aromatic heterocycles. The number of hydrogen-bond donors (Lipinski definition) is 0. The summed E-state index contributed by atoms with van der Waals surface area (Å²) in [4.78, 5) is 11.5. The van der Waals surface area contributed by atoms with Gasteiger partial charge in [0.15, 0.2) is 0 Å². The average molecular weight is 315 g/mol. The Morgan fingerprint density at radius 3 is 3.06 bits per heavy atom. The van der Waals surface area contributed by atoms with Crippen molar-refractivity contribution in [1.82, 2.24) is 0 Å². The fourth-order valence-corrected chi connectivity index (χ4v) is 2.45. The minimum absolute atomic E-state index is 0. The van der Waals surface area contributed by atoms with Crippen LogP contribution in [0, 0.1) is 0 Å². The van der Waals surface area contributed by atoms with Crippen LogP contribution in [0.2, 0.25) is 0 Å². The lowest BCUT2D eigenvalue weighted by molar-refractivity contribution is -0.146. The van der Waals surface area contributed by atoms with E-state index in [0.717, 1.165) is 16.5 Å². The van der Waals surface area contributed by atoms with Gasteiger partial charge in [-0.1, -0.05) is 29.4 Å². The molecule has 100 valence electrons. The summed E-state index contributed by atoms with van der Waals surface area (Å²) in [6.07, 6.45) is 1.03. The number of esters is 1. The number of rotatable bonds is 3. The molecule has 1 aliphatic rings. The third-order valence-corrected chi connectivity index (χ3v) is 3.29. The minimum Gasteiger partial charge on any atom is -0.466 e. The Kier molecular flexibility index (Phi) is 5.82. The Morgan fingerprint density at radius 2 is 2.33 bits per heavy atom. The molecule has 1 aromatic carbocycles. The molecule has 0 amide bonds. The molecule has 1 atom stereocenters. The van der Waals surface area contributed by atoms with E-state index in [9.17, 15) is 4.79 Å². The van der Waals surface area contributed by atoms with Gasteiger partial charge in [-0.15, -0.1) is 0 Å². The molecule has 18 heavy (non-hydrogen) atoms. The Bertz CT molecular complexity index is 418. The van der Waals surface area contributed by atoms with Crippen molar-refractivity contribution in [2.24, 2.45) is 0 Å². The highest BCUT2D eigenvalue weighted by atomic mass is 79.9. The molecule has 0 saturated heterocycles. The van der Waals surface area contributed by atoms with Crippen molar-refractivity contribution >= 4 is 21.9 Å². The van der Waals surface area contributed by atoms with Crippen molar-refractivity contribution < 1.29 is 14.3 Å². The molecule has 1 heterocycles. The van der Waals surface area contributed by atoms with Gasteiger partial charge in [0.05, 0.1) is 25.7 Å². The molecule has 0 spiro atoms. The van der Waals surface area contributed by atoms with Gasteiger partial charge in [0.2, 0.25) is 0 Å². The van der Waals surface area contributed by atoms with Crippen molar-refractivity contribution in [2.45, 2.75) is 33.3 Å². The van der Waals surface area contributed by atoms with Crippen LogP contribution < -0.4 is 0 Å². The van der Waals surface area contributed by atoms with Gasteiger partial charge in [-0.3, -0.25) is 4.79 Å². The van der Waals surface area contributed by atoms with E-state index in [1.807, 2.05) is 19.1 Å². The maximum Gasteiger partial charge on any atom is 0.308 e. The summed E-state index contributed by atoms with van der Waals surface area (Å²) >= 11 is 3.45. The van der Waals surface area contributed by atoms with Crippen molar-refractivity contribution in [3.8, 4) is 0 Å². The largest absolute Gasteiger partial charge is 0.466 e. The van der Waals surface area contributed by atoms with Crippen LogP contribution in [0.3, 0.4) is 0 Å². The Labute approximate surface area is 117 Å². The number of hydrogen-bond acceptors (Lipinski definition) is 3. The summed E-state index contributed by atoms with van der Waals surface area (Å²) in [5.41, 5.74) is 2.35. The van der Waals surface area contributed by atoms with E-state index >= 15 is 0 Å². The first kappa shape index (κ1) is 15.2. The smallest absolute Gasteiger partial charge is 0.308 e. The first-order valence-corrected chi connectivity index (χ1v) is 6.55. The second kappa shape index (κ2) is 6.90. The van der Waals surface area contributed by atoms with Crippen LogP contribution in [0.15, 0.2) is 22.7 Å². The quantitative estimate of drug-likeness (QED) is 0.799. The fraction of sp³-hybridized carbons (Fsp3) is 0.500. The molecule has 4 heteroatoms. The summed E-state index contributed by atoms with van der Waals surface area (Å²) in [7, 11) is 0. The number of ether oxygens (including phenoxy) is 2. The first-order valence-electron chi connectivity index (χ1n) is 5.76. The molecule has 3 nitrogen and oxygen atoms in total. The van der Waals surface area contributed by atoms with E-state index in [2.05, 4.69) is 22.0 Å². The van der Waals surface area contributed by atoms with Crippen LogP contribution in [0.5, 0.6) is 0 Å². The zero-order valence-corrected chi connectivity index (χ0v) is 11.3. The lowest BCUT2D eigenvalue weighted by atomic mass is 9.96. The van der Waals surface area contributed by atoms with Crippen molar-refractivity contribution in [1.29, 1.82) is 0 Å². The zero-order valence-electron chi connectivity index (χ0n) is 9.74. The number of carbonyl (C=O) groups is 1. The molecule has 2 rings (SSSR count). The topological polar surface area (TPSA) is 35.5 Å². The van der Waals surface area contributed by atoms with Gasteiger partial charge in [0.25, 0.3) is 0 Å². The van der Waals surface area contributed by atoms with Crippen molar-refractivity contribution in [3.05, 3.63) is 33.8 Å².